The summed E-state index contributed by atoms with van der Waals surface area (Å²) >= 11 is 0. The van der Waals surface area contributed by atoms with Gasteiger partial charge in [0.25, 0.3) is 5.91 Å². The highest BCUT2D eigenvalue weighted by atomic mass is 16.5. The number of aromatic nitrogens is 3. The second kappa shape index (κ2) is 16.4. The molecule has 11 nitrogen and oxygen atoms in total. The first kappa shape index (κ1) is 29.2. The maximum Gasteiger partial charge on any atom is 0.251 e. The van der Waals surface area contributed by atoms with Crippen molar-refractivity contribution in [2.45, 2.75) is 6.54 Å². The number of carbonyl (C=O) groups excluding carboxylic acids is 1. The zero-order chi connectivity index (χ0) is 28.5. The van der Waals surface area contributed by atoms with Crippen LogP contribution in [0.15, 0.2) is 84.9 Å². The minimum atomic E-state index is -0.115. The summed E-state index contributed by atoms with van der Waals surface area (Å²) in [5.74, 6) is 1.91. The average molecular weight is 558 g/mol. The number of benzene rings is 3. The third-order valence-corrected chi connectivity index (χ3v) is 5.74. The van der Waals surface area contributed by atoms with E-state index in [1.165, 1.54) is 0 Å². The highest BCUT2D eigenvalue weighted by Gasteiger charge is 2.08. The minimum Gasteiger partial charge on any atom is -0.497 e. The van der Waals surface area contributed by atoms with Crippen LogP contribution in [0, 0.1) is 0 Å². The first-order chi connectivity index (χ1) is 20.2. The van der Waals surface area contributed by atoms with Crippen LogP contribution in [-0.2, 0) is 16.0 Å². The summed E-state index contributed by atoms with van der Waals surface area (Å²) in [4.78, 5) is 25.5. The molecule has 0 radical (unpaired) electrons. The molecule has 0 spiro atoms. The fourth-order valence-electron chi connectivity index (χ4n) is 3.66. The maximum absolute atomic E-state index is 12.0. The average Bonchev–Trinajstić information content (AvgIpc) is 3.02. The molecule has 4 rings (SSSR count). The lowest BCUT2D eigenvalue weighted by atomic mass is 10.2. The third kappa shape index (κ3) is 10.4. The van der Waals surface area contributed by atoms with Crippen LogP contribution in [0.5, 0.6) is 5.75 Å². The molecule has 1 heterocycles. The number of ether oxygens (including phenoxy) is 3. The maximum atomic E-state index is 12.0. The van der Waals surface area contributed by atoms with Crippen LogP contribution in [0.4, 0.5) is 23.5 Å². The summed E-state index contributed by atoms with van der Waals surface area (Å²) in [6.45, 7) is 3.21. The Morgan fingerprint density at radius 3 is 1.98 bits per heavy atom. The summed E-state index contributed by atoms with van der Waals surface area (Å²) in [6.07, 6.45) is 0. The molecule has 4 aromatic rings. The van der Waals surface area contributed by atoms with Gasteiger partial charge in [0.15, 0.2) is 0 Å². The fraction of sp³-hybridized carbons (Fsp3) is 0.267. The molecule has 0 aliphatic carbocycles. The molecular formula is C30H35N7O4. The number of rotatable bonds is 17. The Bertz CT molecular complexity index is 1330. The zero-order valence-electron chi connectivity index (χ0n) is 23.0. The predicted octanol–water partition coefficient (Wildman–Crippen LogP) is 4.11. The first-order valence-corrected chi connectivity index (χ1v) is 13.4. The van der Waals surface area contributed by atoms with Gasteiger partial charge in [0.05, 0.1) is 33.5 Å². The smallest absolute Gasteiger partial charge is 0.251 e. The van der Waals surface area contributed by atoms with Crippen LogP contribution in [-0.4, -0.2) is 67.5 Å². The zero-order valence-corrected chi connectivity index (χ0v) is 23.0. The summed E-state index contributed by atoms with van der Waals surface area (Å²) in [5.41, 5.74) is 2.56. The predicted molar refractivity (Wildman–Crippen MR) is 159 cm³/mol. The van der Waals surface area contributed by atoms with Crippen molar-refractivity contribution in [3.05, 3.63) is 96.1 Å². The Morgan fingerprint density at radius 2 is 1.29 bits per heavy atom. The van der Waals surface area contributed by atoms with Crippen LogP contribution in [0.2, 0.25) is 0 Å². The van der Waals surface area contributed by atoms with Gasteiger partial charge in [-0.1, -0.05) is 48.5 Å². The summed E-state index contributed by atoms with van der Waals surface area (Å²) in [7, 11) is 1.63. The van der Waals surface area contributed by atoms with E-state index in [4.69, 9.17) is 14.2 Å². The molecule has 0 atom stereocenters. The Labute approximate surface area is 239 Å². The van der Waals surface area contributed by atoms with E-state index in [0.717, 1.165) is 17.0 Å². The second-order valence-electron chi connectivity index (χ2n) is 8.77. The van der Waals surface area contributed by atoms with Gasteiger partial charge in [-0.3, -0.25) is 4.79 Å². The number of anilines is 4. The van der Waals surface area contributed by atoms with Gasteiger partial charge in [-0.05, 0) is 42.0 Å². The van der Waals surface area contributed by atoms with Gasteiger partial charge in [-0.25, -0.2) is 0 Å². The van der Waals surface area contributed by atoms with Gasteiger partial charge in [0, 0.05) is 30.9 Å². The highest BCUT2D eigenvalue weighted by Crippen LogP contribution is 2.19. The monoisotopic (exact) mass is 557 g/mol. The Balaban J connectivity index is 1.19. The molecule has 214 valence electrons. The van der Waals surface area contributed by atoms with E-state index in [9.17, 15) is 4.79 Å². The van der Waals surface area contributed by atoms with Crippen molar-refractivity contribution in [3.8, 4) is 5.75 Å². The van der Waals surface area contributed by atoms with E-state index in [1.54, 1.807) is 19.2 Å². The fourth-order valence-corrected chi connectivity index (χ4v) is 3.66. The molecule has 0 saturated carbocycles. The van der Waals surface area contributed by atoms with E-state index >= 15 is 0 Å². The third-order valence-electron chi connectivity index (χ3n) is 5.74. The molecule has 0 aliphatic rings. The number of nitrogens with zero attached hydrogens (tertiary/aromatic N) is 3. The minimum absolute atomic E-state index is 0.115. The van der Waals surface area contributed by atoms with Crippen molar-refractivity contribution in [3.63, 3.8) is 0 Å². The van der Waals surface area contributed by atoms with Crippen LogP contribution >= 0.6 is 0 Å². The number of hydrogen-bond acceptors (Lipinski definition) is 10. The number of nitrogens with one attached hydrogen (secondary N) is 4. The molecule has 0 bridgehead atoms. The standard InChI is InChI=1S/C30H35N7O4/c1-39-26-14-12-25(13-15-26)34-30-36-28(35-29(37-30)33-22-23-8-4-2-5-9-23)32-17-19-41-21-20-40-18-16-31-27(38)24-10-6-3-7-11-24/h2-15H,16-22H2,1H3,(H,31,38)(H3,32,33,34,35,36,37). The summed E-state index contributed by atoms with van der Waals surface area (Å²) in [5, 5.41) is 12.5. The van der Waals surface area contributed by atoms with Crippen molar-refractivity contribution >= 4 is 29.4 Å². The normalized spacial score (nSPS) is 10.6. The lowest BCUT2D eigenvalue weighted by molar-refractivity contribution is 0.0519. The molecule has 3 aromatic carbocycles. The molecule has 0 aliphatic heterocycles. The van der Waals surface area contributed by atoms with Crippen LogP contribution in [0.25, 0.3) is 0 Å². The van der Waals surface area contributed by atoms with Crippen molar-refractivity contribution in [1.29, 1.82) is 0 Å². The lowest BCUT2D eigenvalue weighted by Crippen LogP contribution is -2.27. The molecule has 4 N–H and O–H groups in total. The first-order valence-electron chi connectivity index (χ1n) is 13.4. The number of methoxy groups -OCH3 is 1. The van der Waals surface area contributed by atoms with E-state index in [-0.39, 0.29) is 5.91 Å². The molecule has 0 fully saturated rings. The van der Waals surface area contributed by atoms with Crippen molar-refractivity contribution in [2.75, 3.05) is 62.6 Å². The Kier molecular flexibility index (Phi) is 11.7. The van der Waals surface area contributed by atoms with Crippen LogP contribution < -0.4 is 26.0 Å². The van der Waals surface area contributed by atoms with E-state index < -0.39 is 0 Å². The molecule has 41 heavy (non-hydrogen) atoms. The highest BCUT2D eigenvalue weighted by molar-refractivity contribution is 5.94. The molecule has 11 heteroatoms. The second-order valence-corrected chi connectivity index (χ2v) is 8.77. The Morgan fingerprint density at radius 1 is 0.683 bits per heavy atom. The Hall–Kier alpha value is -4.74. The van der Waals surface area contributed by atoms with E-state index in [2.05, 4.69) is 36.2 Å². The van der Waals surface area contributed by atoms with Gasteiger partial charge in [-0.15, -0.1) is 0 Å². The number of amides is 1. The van der Waals surface area contributed by atoms with Crippen molar-refractivity contribution in [2.24, 2.45) is 0 Å². The number of hydrogen-bond donors (Lipinski definition) is 4. The van der Waals surface area contributed by atoms with Gasteiger partial charge in [0.2, 0.25) is 17.8 Å². The SMILES string of the molecule is COc1ccc(Nc2nc(NCCOCCOCCNC(=O)c3ccccc3)nc(NCc3ccccc3)n2)cc1. The molecule has 0 unspecified atom stereocenters. The lowest BCUT2D eigenvalue weighted by Gasteiger charge is -2.12. The van der Waals surface area contributed by atoms with Gasteiger partial charge in [0.1, 0.15) is 5.75 Å². The quantitative estimate of drug-likeness (QED) is 0.141. The molecular weight excluding hydrogens is 522 g/mol. The topological polar surface area (TPSA) is 132 Å². The van der Waals surface area contributed by atoms with E-state index in [1.807, 2.05) is 72.8 Å². The summed E-state index contributed by atoms with van der Waals surface area (Å²) in [6, 6.07) is 26.6. The van der Waals surface area contributed by atoms with Crippen LogP contribution in [0.3, 0.4) is 0 Å². The summed E-state index contributed by atoms with van der Waals surface area (Å²) < 4.78 is 16.4. The van der Waals surface area contributed by atoms with Gasteiger partial charge >= 0.3 is 0 Å². The molecule has 1 amide bonds. The molecule has 1 aromatic heterocycles. The molecule has 0 saturated heterocycles. The van der Waals surface area contributed by atoms with Gasteiger partial charge in [-0.2, -0.15) is 15.0 Å². The van der Waals surface area contributed by atoms with Crippen LogP contribution in [0.1, 0.15) is 15.9 Å². The van der Waals surface area contributed by atoms with Gasteiger partial charge < -0.3 is 35.5 Å². The largest absolute Gasteiger partial charge is 0.497 e. The van der Waals surface area contributed by atoms with E-state index in [0.29, 0.717) is 69.5 Å². The van der Waals surface area contributed by atoms with Crippen molar-refractivity contribution in [1.82, 2.24) is 20.3 Å². The van der Waals surface area contributed by atoms with Crippen molar-refractivity contribution < 1.29 is 19.0 Å². The number of carbonyl (C=O) groups is 1.